The number of hydrogen-bond donors (Lipinski definition) is 1. The second-order valence-electron chi connectivity index (χ2n) is 7.04. The smallest absolute Gasteiger partial charge is 0.146 e. The maximum absolute atomic E-state index is 10.8. The predicted octanol–water partition coefficient (Wildman–Crippen LogP) is 5.11. The molecule has 0 bridgehead atoms. The van der Waals surface area contributed by atoms with Crippen LogP contribution < -0.4 is 0 Å². The number of halogens is 1. The molecule has 0 spiro atoms. The van der Waals surface area contributed by atoms with Gasteiger partial charge in [-0.05, 0) is 48.2 Å². The van der Waals surface area contributed by atoms with Crippen molar-refractivity contribution in [1.29, 1.82) is 0 Å². The van der Waals surface area contributed by atoms with Crippen LogP contribution in [0.1, 0.15) is 38.8 Å². The Labute approximate surface area is 146 Å². The summed E-state index contributed by atoms with van der Waals surface area (Å²) in [6.45, 7) is 12.1. The molecule has 0 saturated carbocycles. The highest BCUT2D eigenvalue weighted by Gasteiger charge is 2.23. The Kier molecular flexibility index (Phi) is 3.88. The fourth-order valence-electron chi connectivity index (χ4n) is 2.59. The second kappa shape index (κ2) is 5.64. The van der Waals surface area contributed by atoms with E-state index in [0.29, 0.717) is 16.2 Å². The Morgan fingerprint density at radius 2 is 1.79 bits per heavy atom. The van der Waals surface area contributed by atoms with Crippen molar-refractivity contribution in [2.45, 2.75) is 33.1 Å². The first kappa shape index (κ1) is 16.5. The van der Waals surface area contributed by atoms with Crippen LogP contribution >= 0.6 is 11.6 Å². The molecule has 3 rings (SSSR count). The summed E-state index contributed by atoms with van der Waals surface area (Å²) in [6.07, 6.45) is 0. The van der Waals surface area contributed by atoms with Crippen molar-refractivity contribution in [3.8, 4) is 11.4 Å². The van der Waals surface area contributed by atoms with Crippen LogP contribution in [0.5, 0.6) is 5.75 Å². The molecule has 1 N–H and O–H groups in total. The number of allylic oxidation sites excluding steroid dienone is 1. The average molecular weight is 342 g/mol. The quantitative estimate of drug-likeness (QED) is 0.704. The summed E-state index contributed by atoms with van der Waals surface area (Å²) in [5.74, 6) is 0.180. The molecular formula is C19H20ClN3O. The SMILES string of the molecule is C=C(C)c1cc(-n2nc3ccc(Cl)cc3n2)c(O)c(C(C)(C)C)c1. The van der Waals surface area contributed by atoms with E-state index >= 15 is 0 Å². The minimum atomic E-state index is -0.222. The lowest BCUT2D eigenvalue weighted by Gasteiger charge is -2.23. The number of rotatable bonds is 2. The van der Waals surface area contributed by atoms with Gasteiger partial charge < -0.3 is 5.11 Å². The van der Waals surface area contributed by atoms with E-state index in [0.717, 1.165) is 22.2 Å². The Hall–Kier alpha value is -2.33. The molecule has 0 amide bonds. The van der Waals surface area contributed by atoms with E-state index in [9.17, 15) is 5.11 Å². The van der Waals surface area contributed by atoms with E-state index in [4.69, 9.17) is 11.6 Å². The number of nitrogens with zero attached hydrogens (tertiary/aromatic N) is 3. The molecule has 0 fully saturated rings. The number of phenolic OH excluding ortho intramolecular Hbond substituents is 1. The summed E-state index contributed by atoms with van der Waals surface area (Å²) in [4.78, 5) is 1.46. The van der Waals surface area contributed by atoms with Crippen molar-refractivity contribution >= 4 is 28.2 Å². The molecule has 0 atom stereocenters. The van der Waals surface area contributed by atoms with Gasteiger partial charge in [-0.3, -0.25) is 0 Å². The van der Waals surface area contributed by atoms with E-state index in [2.05, 4.69) is 37.5 Å². The zero-order valence-corrected chi connectivity index (χ0v) is 15.0. The van der Waals surface area contributed by atoms with Gasteiger partial charge in [-0.15, -0.1) is 15.0 Å². The first-order valence-electron chi connectivity index (χ1n) is 7.73. The minimum Gasteiger partial charge on any atom is -0.505 e. The first-order chi connectivity index (χ1) is 11.2. The standard InChI is InChI=1S/C19H20ClN3O/c1-11(2)12-8-14(19(3,4)5)18(24)17(9-12)23-21-15-7-6-13(20)10-16(15)22-23/h6-10,24H,1H2,2-5H3. The molecule has 124 valence electrons. The molecule has 0 aliphatic carbocycles. The van der Waals surface area contributed by atoms with Gasteiger partial charge in [-0.1, -0.05) is 44.5 Å². The lowest BCUT2D eigenvalue weighted by molar-refractivity contribution is 0.440. The van der Waals surface area contributed by atoms with Crippen molar-refractivity contribution in [3.63, 3.8) is 0 Å². The second-order valence-corrected chi connectivity index (χ2v) is 7.48. The van der Waals surface area contributed by atoms with Gasteiger partial charge >= 0.3 is 0 Å². The van der Waals surface area contributed by atoms with Crippen LogP contribution in [0.3, 0.4) is 0 Å². The molecule has 3 aromatic rings. The highest BCUT2D eigenvalue weighted by Crippen LogP contribution is 2.37. The monoisotopic (exact) mass is 341 g/mol. The molecular weight excluding hydrogens is 322 g/mol. The number of aromatic nitrogens is 3. The summed E-state index contributed by atoms with van der Waals surface area (Å²) in [5.41, 5.74) is 4.41. The lowest BCUT2D eigenvalue weighted by atomic mass is 9.84. The fourth-order valence-corrected chi connectivity index (χ4v) is 2.75. The molecule has 4 nitrogen and oxygen atoms in total. The minimum absolute atomic E-state index is 0.180. The van der Waals surface area contributed by atoms with Gasteiger partial charge in [-0.25, -0.2) is 0 Å². The van der Waals surface area contributed by atoms with E-state index in [1.54, 1.807) is 12.1 Å². The molecule has 0 aliphatic heterocycles. The van der Waals surface area contributed by atoms with Crippen molar-refractivity contribution in [1.82, 2.24) is 15.0 Å². The van der Waals surface area contributed by atoms with Crippen molar-refractivity contribution in [2.75, 3.05) is 0 Å². The van der Waals surface area contributed by atoms with Crippen molar-refractivity contribution < 1.29 is 5.11 Å². The van der Waals surface area contributed by atoms with Crippen LogP contribution in [0.4, 0.5) is 0 Å². The van der Waals surface area contributed by atoms with Crippen molar-refractivity contribution in [2.24, 2.45) is 0 Å². The first-order valence-corrected chi connectivity index (χ1v) is 8.11. The van der Waals surface area contributed by atoms with Crippen LogP contribution in [-0.2, 0) is 5.41 Å². The van der Waals surface area contributed by atoms with Crippen LogP contribution in [0.2, 0.25) is 5.02 Å². The highest BCUT2D eigenvalue weighted by atomic mass is 35.5. The van der Waals surface area contributed by atoms with E-state index in [1.807, 2.05) is 25.1 Å². The van der Waals surface area contributed by atoms with Crippen LogP contribution in [0.15, 0.2) is 36.9 Å². The van der Waals surface area contributed by atoms with Gasteiger partial charge in [0.25, 0.3) is 0 Å². The maximum atomic E-state index is 10.8. The number of hydrogen-bond acceptors (Lipinski definition) is 3. The third-order valence-corrected chi connectivity index (χ3v) is 4.18. The summed E-state index contributed by atoms with van der Waals surface area (Å²) in [5, 5.41) is 20.3. The van der Waals surface area contributed by atoms with E-state index < -0.39 is 0 Å². The summed E-state index contributed by atoms with van der Waals surface area (Å²) < 4.78 is 0. The van der Waals surface area contributed by atoms with Crippen molar-refractivity contribution in [3.05, 3.63) is 53.1 Å². The zero-order chi connectivity index (χ0) is 17.6. The van der Waals surface area contributed by atoms with Gasteiger partial charge in [0, 0.05) is 10.6 Å². The van der Waals surface area contributed by atoms with Gasteiger partial charge in [0.1, 0.15) is 22.5 Å². The predicted molar refractivity (Wildman–Crippen MR) is 98.9 cm³/mol. The van der Waals surface area contributed by atoms with E-state index in [1.165, 1.54) is 4.80 Å². The third kappa shape index (κ3) is 2.89. The van der Waals surface area contributed by atoms with Gasteiger partial charge in [0.2, 0.25) is 0 Å². The Bertz CT molecular complexity index is 951. The molecule has 0 aliphatic rings. The Morgan fingerprint density at radius 1 is 1.12 bits per heavy atom. The van der Waals surface area contributed by atoms with Gasteiger partial charge in [0.15, 0.2) is 0 Å². The maximum Gasteiger partial charge on any atom is 0.146 e. The average Bonchev–Trinajstić information content (AvgIpc) is 2.88. The zero-order valence-electron chi connectivity index (χ0n) is 14.3. The number of benzene rings is 2. The molecule has 1 heterocycles. The summed E-state index contributed by atoms with van der Waals surface area (Å²) in [6, 6.07) is 9.17. The summed E-state index contributed by atoms with van der Waals surface area (Å²) in [7, 11) is 0. The normalized spacial score (nSPS) is 11.9. The Morgan fingerprint density at radius 3 is 2.42 bits per heavy atom. The van der Waals surface area contributed by atoms with Crippen LogP contribution in [0, 0.1) is 0 Å². The molecule has 1 aromatic heterocycles. The number of phenols is 1. The van der Waals surface area contributed by atoms with Crippen LogP contribution in [0.25, 0.3) is 22.3 Å². The highest BCUT2D eigenvalue weighted by molar-refractivity contribution is 6.31. The van der Waals surface area contributed by atoms with Gasteiger partial charge in [-0.2, -0.15) is 0 Å². The molecule has 0 radical (unpaired) electrons. The van der Waals surface area contributed by atoms with E-state index in [-0.39, 0.29) is 11.2 Å². The largest absolute Gasteiger partial charge is 0.505 e. The lowest BCUT2D eigenvalue weighted by Crippen LogP contribution is -2.13. The number of fused-ring (bicyclic) bond motifs is 1. The third-order valence-electron chi connectivity index (χ3n) is 3.95. The number of aromatic hydroxyl groups is 1. The fraction of sp³-hybridized carbons (Fsp3) is 0.263. The summed E-state index contributed by atoms with van der Waals surface area (Å²) >= 11 is 6.02. The van der Waals surface area contributed by atoms with Gasteiger partial charge in [0.05, 0.1) is 0 Å². The molecule has 2 aromatic carbocycles. The molecule has 0 unspecified atom stereocenters. The Balaban J connectivity index is 2.28. The van der Waals surface area contributed by atoms with Crippen LogP contribution in [-0.4, -0.2) is 20.1 Å². The molecule has 24 heavy (non-hydrogen) atoms. The molecule has 0 saturated heterocycles. The topological polar surface area (TPSA) is 50.9 Å². The molecule has 5 heteroatoms.